The molecule has 0 saturated carbocycles. The molecule has 11 heteroatoms. The number of aromatic nitrogens is 2. The number of halogens is 5. The Bertz CT molecular complexity index is 1610. The summed E-state index contributed by atoms with van der Waals surface area (Å²) in [6.07, 6.45) is 1.28. The minimum absolute atomic E-state index is 0.115. The minimum atomic E-state index is -4.57. The first kappa shape index (κ1) is 29.2. The van der Waals surface area contributed by atoms with Crippen molar-refractivity contribution in [2.75, 3.05) is 28.4 Å². The highest BCUT2D eigenvalue weighted by Gasteiger charge is 2.30. The van der Waals surface area contributed by atoms with Gasteiger partial charge < -0.3 is 18.9 Å². The highest BCUT2D eigenvalue weighted by atomic mass is 19.4. The number of benzene rings is 3. The van der Waals surface area contributed by atoms with Crippen molar-refractivity contribution in [1.82, 2.24) is 9.78 Å². The standard InChI is InChI=1S/C30H25F5N2O4/c1-38-26-12-18(24(31)16-28(26)40-3)8-10-21-15-23(11-9-19-13-27(39-2)29(41-4)17-25(19)32)37(36-21)22-7-5-6-20(14-22)30(33,34)35/h5-17H,1-4H3/b10-8+,11-9+. The van der Waals surface area contributed by atoms with Crippen LogP contribution in [-0.4, -0.2) is 38.2 Å². The zero-order valence-electron chi connectivity index (χ0n) is 22.4. The lowest BCUT2D eigenvalue weighted by Crippen LogP contribution is -2.07. The van der Waals surface area contributed by atoms with Gasteiger partial charge in [0.1, 0.15) is 11.6 Å². The third-order valence-electron chi connectivity index (χ3n) is 6.05. The van der Waals surface area contributed by atoms with Crippen LogP contribution in [0.1, 0.15) is 28.1 Å². The summed E-state index contributed by atoms with van der Waals surface area (Å²) in [5, 5.41) is 4.41. The van der Waals surface area contributed by atoms with Gasteiger partial charge in [-0.15, -0.1) is 0 Å². The van der Waals surface area contributed by atoms with Gasteiger partial charge in [0.05, 0.1) is 51.1 Å². The lowest BCUT2D eigenvalue weighted by molar-refractivity contribution is -0.137. The molecule has 214 valence electrons. The van der Waals surface area contributed by atoms with Gasteiger partial charge in [0.25, 0.3) is 0 Å². The number of methoxy groups -OCH3 is 4. The van der Waals surface area contributed by atoms with Crippen LogP contribution in [-0.2, 0) is 6.18 Å². The molecule has 4 aromatic rings. The Hall–Kier alpha value is -4.80. The normalized spacial score (nSPS) is 11.8. The molecular formula is C30H25F5N2O4. The number of rotatable bonds is 9. The molecule has 0 aliphatic carbocycles. The van der Waals surface area contributed by atoms with E-state index in [4.69, 9.17) is 18.9 Å². The Labute approximate surface area is 232 Å². The van der Waals surface area contributed by atoms with E-state index < -0.39 is 23.4 Å². The van der Waals surface area contributed by atoms with Crippen molar-refractivity contribution in [3.63, 3.8) is 0 Å². The van der Waals surface area contributed by atoms with Gasteiger partial charge in [-0.25, -0.2) is 13.5 Å². The summed E-state index contributed by atoms with van der Waals surface area (Å²) in [6.45, 7) is 0. The average molecular weight is 573 g/mol. The van der Waals surface area contributed by atoms with Crippen molar-refractivity contribution in [3.8, 4) is 28.7 Å². The molecule has 0 aliphatic heterocycles. The number of nitrogens with zero attached hydrogens (tertiary/aromatic N) is 2. The van der Waals surface area contributed by atoms with E-state index in [1.54, 1.807) is 6.07 Å². The lowest BCUT2D eigenvalue weighted by Gasteiger charge is -2.10. The fraction of sp³-hybridized carbons (Fsp3) is 0.167. The third kappa shape index (κ3) is 6.51. The maximum absolute atomic E-state index is 14.7. The van der Waals surface area contributed by atoms with Crippen LogP contribution in [0.3, 0.4) is 0 Å². The summed E-state index contributed by atoms with van der Waals surface area (Å²) in [4.78, 5) is 0. The summed E-state index contributed by atoms with van der Waals surface area (Å²) >= 11 is 0. The molecule has 0 N–H and O–H groups in total. The Kier molecular flexibility index (Phi) is 8.65. The molecule has 3 aromatic carbocycles. The maximum Gasteiger partial charge on any atom is 0.416 e. The van der Waals surface area contributed by atoms with E-state index in [1.165, 1.54) is 87.8 Å². The molecule has 4 rings (SSSR count). The molecule has 0 radical (unpaired) electrons. The smallest absolute Gasteiger partial charge is 0.416 e. The van der Waals surface area contributed by atoms with Crippen LogP contribution in [0.4, 0.5) is 22.0 Å². The van der Waals surface area contributed by atoms with Gasteiger partial charge in [0.15, 0.2) is 23.0 Å². The predicted molar refractivity (Wildman–Crippen MR) is 145 cm³/mol. The molecule has 0 atom stereocenters. The summed E-state index contributed by atoms with van der Waals surface area (Å²) in [7, 11) is 5.59. The van der Waals surface area contributed by atoms with Gasteiger partial charge in [0, 0.05) is 23.3 Å². The number of hydrogen-bond acceptors (Lipinski definition) is 5. The van der Waals surface area contributed by atoms with Crippen LogP contribution < -0.4 is 18.9 Å². The maximum atomic E-state index is 14.7. The summed E-state index contributed by atoms with van der Waals surface area (Å²) in [5.41, 5.74) is 0.180. The molecular weight excluding hydrogens is 547 g/mol. The average Bonchev–Trinajstić information content (AvgIpc) is 3.38. The molecule has 1 heterocycles. The van der Waals surface area contributed by atoms with Crippen molar-refractivity contribution >= 4 is 24.3 Å². The van der Waals surface area contributed by atoms with E-state index in [-0.39, 0.29) is 28.3 Å². The summed E-state index contributed by atoms with van der Waals surface area (Å²) < 4.78 is 91.6. The second-order valence-electron chi connectivity index (χ2n) is 8.58. The van der Waals surface area contributed by atoms with Crippen LogP contribution in [0, 0.1) is 11.6 Å². The van der Waals surface area contributed by atoms with Crippen molar-refractivity contribution in [1.29, 1.82) is 0 Å². The van der Waals surface area contributed by atoms with Crippen LogP contribution in [0.25, 0.3) is 30.0 Å². The van der Waals surface area contributed by atoms with Crippen molar-refractivity contribution in [2.24, 2.45) is 0 Å². The molecule has 1 aromatic heterocycles. The number of ether oxygens (including phenoxy) is 4. The van der Waals surface area contributed by atoms with E-state index in [0.29, 0.717) is 22.9 Å². The first-order valence-electron chi connectivity index (χ1n) is 12.0. The van der Waals surface area contributed by atoms with Crippen LogP contribution in [0.15, 0.2) is 54.6 Å². The molecule has 41 heavy (non-hydrogen) atoms. The lowest BCUT2D eigenvalue weighted by atomic mass is 10.1. The van der Waals surface area contributed by atoms with Crippen LogP contribution in [0.5, 0.6) is 23.0 Å². The fourth-order valence-corrected chi connectivity index (χ4v) is 3.98. The molecule has 0 aliphatic rings. The second-order valence-corrected chi connectivity index (χ2v) is 8.58. The van der Waals surface area contributed by atoms with Crippen LogP contribution in [0.2, 0.25) is 0 Å². The third-order valence-corrected chi connectivity index (χ3v) is 6.05. The second kappa shape index (κ2) is 12.2. The summed E-state index contributed by atoms with van der Waals surface area (Å²) in [5.74, 6) is -0.172. The minimum Gasteiger partial charge on any atom is -0.493 e. The van der Waals surface area contributed by atoms with E-state index in [9.17, 15) is 22.0 Å². The Morgan fingerprint density at radius 2 is 1.17 bits per heavy atom. The monoisotopic (exact) mass is 572 g/mol. The number of hydrogen-bond donors (Lipinski definition) is 0. The van der Waals surface area contributed by atoms with E-state index in [2.05, 4.69) is 5.10 Å². The summed E-state index contributed by atoms with van der Waals surface area (Å²) in [6, 6.07) is 11.4. The molecule has 6 nitrogen and oxygen atoms in total. The fourth-order valence-electron chi connectivity index (χ4n) is 3.98. The Balaban J connectivity index is 1.79. The van der Waals surface area contributed by atoms with Gasteiger partial charge in [-0.05, 0) is 60.7 Å². The predicted octanol–water partition coefficient (Wildman–Crippen LogP) is 7.54. The van der Waals surface area contributed by atoms with Gasteiger partial charge >= 0.3 is 6.18 Å². The highest BCUT2D eigenvalue weighted by Crippen LogP contribution is 2.33. The van der Waals surface area contributed by atoms with Gasteiger partial charge in [-0.2, -0.15) is 18.3 Å². The van der Waals surface area contributed by atoms with Gasteiger partial charge in [0.2, 0.25) is 0 Å². The van der Waals surface area contributed by atoms with Crippen LogP contribution >= 0.6 is 0 Å². The largest absolute Gasteiger partial charge is 0.493 e. The topological polar surface area (TPSA) is 54.7 Å². The Morgan fingerprint density at radius 3 is 1.68 bits per heavy atom. The SMILES string of the molecule is COc1cc(F)c(/C=C/c2cc(/C=C/c3cc(OC)c(OC)cc3F)n(-c3cccc(C(F)(F)F)c3)n2)cc1OC. The molecule has 0 unspecified atom stereocenters. The van der Waals surface area contributed by atoms with Gasteiger partial charge in [-0.3, -0.25) is 0 Å². The molecule has 0 amide bonds. The Morgan fingerprint density at radius 1 is 0.659 bits per heavy atom. The zero-order chi connectivity index (χ0) is 29.7. The highest BCUT2D eigenvalue weighted by molar-refractivity contribution is 5.74. The first-order valence-corrected chi connectivity index (χ1v) is 12.0. The molecule has 0 spiro atoms. The molecule has 0 bridgehead atoms. The zero-order valence-corrected chi connectivity index (χ0v) is 22.4. The van der Waals surface area contributed by atoms with E-state index in [1.807, 2.05) is 0 Å². The van der Waals surface area contributed by atoms with Crippen molar-refractivity contribution in [3.05, 3.63) is 94.3 Å². The molecule has 0 fully saturated rings. The van der Waals surface area contributed by atoms with Crippen molar-refractivity contribution in [2.45, 2.75) is 6.18 Å². The van der Waals surface area contributed by atoms with Gasteiger partial charge in [-0.1, -0.05) is 6.07 Å². The first-order chi connectivity index (χ1) is 19.6. The quantitative estimate of drug-likeness (QED) is 0.194. The van der Waals surface area contributed by atoms with E-state index >= 15 is 0 Å². The molecule has 0 saturated heterocycles. The van der Waals surface area contributed by atoms with E-state index in [0.717, 1.165) is 18.2 Å². The number of alkyl halides is 3. The van der Waals surface area contributed by atoms with Crippen molar-refractivity contribution < 1.29 is 40.9 Å².